The van der Waals surface area contributed by atoms with E-state index in [4.69, 9.17) is 0 Å². The van der Waals surface area contributed by atoms with Gasteiger partial charge in [-0.05, 0) is 42.8 Å². The highest BCUT2D eigenvalue weighted by atomic mass is 79.9. The topological polar surface area (TPSA) is 111 Å². The number of nitro benzene ring substituents is 1. The molecule has 0 aliphatic heterocycles. The highest BCUT2D eigenvalue weighted by Crippen LogP contribution is 2.23. The number of ether oxygens (including phenoxy) is 1. The number of methoxy groups -OCH3 is 1. The second-order valence-corrected chi connectivity index (χ2v) is 6.20. The molecule has 2 N–H and O–H groups in total. The van der Waals surface area contributed by atoms with Crippen molar-refractivity contribution in [3.05, 3.63) is 62.1 Å². The molecule has 0 heterocycles. The molecule has 8 nitrogen and oxygen atoms in total. The smallest absolute Gasteiger partial charge is 0.344 e. The third-order valence-corrected chi connectivity index (χ3v) is 4.38. The van der Waals surface area contributed by atoms with Crippen molar-refractivity contribution >= 4 is 44.9 Å². The van der Waals surface area contributed by atoms with E-state index in [2.05, 4.69) is 31.3 Å². The molecule has 0 fully saturated rings. The molecule has 0 radical (unpaired) electrons. The van der Waals surface area contributed by atoms with E-state index in [-0.39, 0.29) is 23.7 Å². The molecular formula is C17H16BrN3O5. The van der Waals surface area contributed by atoms with Crippen LogP contribution >= 0.6 is 15.9 Å². The maximum Gasteiger partial charge on any atom is 0.344 e. The lowest BCUT2D eigenvalue weighted by Crippen LogP contribution is -2.22. The van der Waals surface area contributed by atoms with Gasteiger partial charge in [0.2, 0.25) is 5.91 Å². The van der Waals surface area contributed by atoms with E-state index < -0.39 is 10.9 Å². The summed E-state index contributed by atoms with van der Waals surface area (Å²) in [6, 6.07) is 9.30. The second kappa shape index (κ2) is 8.43. The highest BCUT2D eigenvalue weighted by Gasteiger charge is 2.21. The zero-order valence-corrected chi connectivity index (χ0v) is 15.6. The molecule has 0 saturated heterocycles. The summed E-state index contributed by atoms with van der Waals surface area (Å²) in [4.78, 5) is 34.1. The van der Waals surface area contributed by atoms with E-state index in [1.165, 1.54) is 18.2 Å². The summed E-state index contributed by atoms with van der Waals surface area (Å²) in [6.07, 6.45) is 0. The molecule has 2 rings (SSSR count). The van der Waals surface area contributed by atoms with Crippen molar-refractivity contribution in [2.45, 2.75) is 6.92 Å². The lowest BCUT2D eigenvalue weighted by atomic mass is 10.1. The molecular weight excluding hydrogens is 406 g/mol. The zero-order chi connectivity index (χ0) is 19.3. The second-order valence-electron chi connectivity index (χ2n) is 5.35. The van der Waals surface area contributed by atoms with Gasteiger partial charge in [0.1, 0.15) is 5.56 Å². The number of rotatable bonds is 6. The minimum Gasteiger partial charge on any atom is -0.465 e. The van der Waals surface area contributed by atoms with Crippen molar-refractivity contribution < 1.29 is 19.2 Å². The standard InChI is InChI=1S/C17H16BrN3O5/c1-10-7-12(3-5-14(10)18)20-16(22)9-19-11-4-6-15(21(24)25)13(8-11)17(23)26-2/h3-8,19H,9H2,1-2H3,(H,20,22). The largest absolute Gasteiger partial charge is 0.465 e. The van der Waals surface area contributed by atoms with Crippen LogP contribution in [0.15, 0.2) is 40.9 Å². The summed E-state index contributed by atoms with van der Waals surface area (Å²) in [5.41, 5.74) is 1.46. The number of carbonyl (C=O) groups excluding carboxylic acids is 2. The number of nitro groups is 1. The van der Waals surface area contributed by atoms with E-state index >= 15 is 0 Å². The molecule has 9 heteroatoms. The molecule has 0 spiro atoms. The van der Waals surface area contributed by atoms with Gasteiger partial charge in [0, 0.05) is 21.9 Å². The van der Waals surface area contributed by atoms with Crippen LogP contribution < -0.4 is 10.6 Å². The average molecular weight is 422 g/mol. The minimum atomic E-state index is -0.824. The lowest BCUT2D eigenvalue weighted by molar-refractivity contribution is -0.385. The fourth-order valence-corrected chi connectivity index (χ4v) is 2.44. The van der Waals surface area contributed by atoms with Crippen molar-refractivity contribution in [1.29, 1.82) is 0 Å². The van der Waals surface area contributed by atoms with Crippen LogP contribution in [0.2, 0.25) is 0 Å². The number of nitrogens with zero attached hydrogens (tertiary/aromatic N) is 1. The normalized spacial score (nSPS) is 10.1. The Morgan fingerprint density at radius 1 is 1.19 bits per heavy atom. The third-order valence-electron chi connectivity index (χ3n) is 3.49. The zero-order valence-electron chi connectivity index (χ0n) is 14.0. The molecule has 2 aromatic carbocycles. The summed E-state index contributed by atoms with van der Waals surface area (Å²) in [6.45, 7) is 1.83. The first kappa shape index (κ1) is 19.4. The van der Waals surface area contributed by atoms with Crippen LogP contribution in [0.5, 0.6) is 0 Å². The third kappa shape index (κ3) is 4.79. The molecule has 0 unspecified atom stereocenters. The average Bonchev–Trinajstić information content (AvgIpc) is 2.62. The maximum absolute atomic E-state index is 12.0. The van der Waals surface area contributed by atoms with Crippen LogP contribution in [-0.2, 0) is 9.53 Å². The molecule has 0 atom stereocenters. The van der Waals surface area contributed by atoms with Crippen LogP contribution in [-0.4, -0.2) is 30.5 Å². The minimum absolute atomic E-state index is 0.0759. The number of hydrogen-bond acceptors (Lipinski definition) is 6. The van der Waals surface area contributed by atoms with Crippen LogP contribution in [0.25, 0.3) is 0 Å². The number of benzene rings is 2. The molecule has 1 amide bonds. The van der Waals surface area contributed by atoms with Crippen molar-refractivity contribution in [2.24, 2.45) is 0 Å². The van der Waals surface area contributed by atoms with Gasteiger partial charge in [-0.2, -0.15) is 0 Å². The predicted octanol–water partition coefficient (Wildman–Crippen LogP) is 3.50. The first-order valence-electron chi connectivity index (χ1n) is 7.48. The quantitative estimate of drug-likeness (QED) is 0.419. The molecule has 2 aromatic rings. The maximum atomic E-state index is 12.0. The Bertz CT molecular complexity index is 869. The van der Waals surface area contributed by atoms with Gasteiger partial charge in [-0.3, -0.25) is 14.9 Å². The number of nitrogens with one attached hydrogen (secondary N) is 2. The van der Waals surface area contributed by atoms with E-state index in [0.29, 0.717) is 11.4 Å². The number of esters is 1. The van der Waals surface area contributed by atoms with Gasteiger partial charge in [-0.1, -0.05) is 15.9 Å². The van der Waals surface area contributed by atoms with Crippen molar-refractivity contribution in [2.75, 3.05) is 24.3 Å². The number of aryl methyl sites for hydroxylation is 1. The Labute approximate surface area is 157 Å². The van der Waals surface area contributed by atoms with Gasteiger partial charge in [0.05, 0.1) is 18.6 Å². The van der Waals surface area contributed by atoms with Crippen LogP contribution in [0.3, 0.4) is 0 Å². The Kier molecular flexibility index (Phi) is 6.29. The van der Waals surface area contributed by atoms with Crippen molar-refractivity contribution in [3.63, 3.8) is 0 Å². The Balaban J connectivity index is 2.06. The fraction of sp³-hybridized carbons (Fsp3) is 0.176. The van der Waals surface area contributed by atoms with Gasteiger partial charge < -0.3 is 15.4 Å². The first-order chi connectivity index (χ1) is 12.3. The molecule has 0 bridgehead atoms. The molecule has 0 aliphatic rings. The molecule has 26 heavy (non-hydrogen) atoms. The molecule has 136 valence electrons. The first-order valence-corrected chi connectivity index (χ1v) is 8.27. The Morgan fingerprint density at radius 3 is 2.50 bits per heavy atom. The van der Waals surface area contributed by atoms with Gasteiger partial charge in [0.15, 0.2) is 0 Å². The number of hydrogen-bond donors (Lipinski definition) is 2. The summed E-state index contributed by atoms with van der Waals surface area (Å²) in [5.74, 6) is -1.13. The SMILES string of the molecule is COC(=O)c1cc(NCC(=O)Nc2ccc(Br)c(C)c2)ccc1[N+](=O)[O-]. The van der Waals surface area contributed by atoms with E-state index in [9.17, 15) is 19.7 Å². The summed E-state index contributed by atoms with van der Waals surface area (Å²) in [5, 5.41) is 16.5. The van der Waals surface area contributed by atoms with Gasteiger partial charge >= 0.3 is 5.97 Å². The predicted molar refractivity (Wildman–Crippen MR) is 100 cm³/mol. The van der Waals surface area contributed by atoms with E-state index in [0.717, 1.165) is 17.1 Å². The Morgan fingerprint density at radius 2 is 1.88 bits per heavy atom. The number of amides is 1. The van der Waals surface area contributed by atoms with Gasteiger partial charge in [-0.25, -0.2) is 4.79 Å². The number of anilines is 2. The van der Waals surface area contributed by atoms with Gasteiger partial charge in [0.25, 0.3) is 5.69 Å². The van der Waals surface area contributed by atoms with Crippen LogP contribution in [0.4, 0.5) is 17.1 Å². The summed E-state index contributed by atoms with van der Waals surface area (Å²) >= 11 is 3.39. The van der Waals surface area contributed by atoms with Crippen molar-refractivity contribution in [1.82, 2.24) is 0 Å². The molecule has 0 aromatic heterocycles. The van der Waals surface area contributed by atoms with Crippen LogP contribution in [0.1, 0.15) is 15.9 Å². The van der Waals surface area contributed by atoms with E-state index in [1.54, 1.807) is 6.07 Å². The van der Waals surface area contributed by atoms with Gasteiger partial charge in [-0.15, -0.1) is 0 Å². The molecule has 0 saturated carbocycles. The number of halogens is 1. The van der Waals surface area contributed by atoms with Crippen molar-refractivity contribution in [3.8, 4) is 0 Å². The summed E-state index contributed by atoms with van der Waals surface area (Å²) in [7, 11) is 1.14. The molecule has 0 aliphatic carbocycles. The fourth-order valence-electron chi connectivity index (χ4n) is 2.19. The summed E-state index contributed by atoms with van der Waals surface area (Å²) < 4.78 is 5.49. The van der Waals surface area contributed by atoms with E-state index in [1.807, 2.05) is 19.1 Å². The Hall–Kier alpha value is -2.94. The van der Waals surface area contributed by atoms with Crippen LogP contribution in [0, 0.1) is 17.0 Å². The lowest BCUT2D eigenvalue weighted by Gasteiger charge is -2.10. The number of carbonyl (C=O) groups is 2. The highest BCUT2D eigenvalue weighted by molar-refractivity contribution is 9.10. The monoisotopic (exact) mass is 421 g/mol.